The van der Waals surface area contributed by atoms with E-state index in [1.165, 1.54) is 0 Å². The van der Waals surface area contributed by atoms with E-state index in [1.807, 2.05) is 13.8 Å². The van der Waals surface area contributed by atoms with Gasteiger partial charge in [-0.25, -0.2) is 13.1 Å². The number of nitrogens with one attached hydrogen (secondary N) is 1. The fraction of sp³-hybridized carbons (Fsp3) is 1.00. The second kappa shape index (κ2) is 7.20. The van der Waals surface area contributed by atoms with Crippen LogP contribution in [0.3, 0.4) is 0 Å². The molecule has 0 rings (SSSR count). The third kappa shape index (κ3) is 8.47. The van der Waals surface area contributed by atoms with Crippen LogP contribution in [0, 0.1) is 5.92 Å². The van der Waals surface area contributed by atoms with E-state index in [1.54, 1.807) is 0 Å². The fourth-order valence-corrected chi connectivity index (χ4v) is 2.62. The molecule has 14 heavy (non-hydrogen) atoms. The Labute approximate surface area is 87.3 Å². The van der Waals surface area contributed by atoms with Crippen molar-refractivity contribution in [1.29, 1.82) is 0 Å². The fourth-order valence-electron chi connectivity index (χ4n) is 1.17. The summed E-state index contributed by atoms with van der Waals surface area (Å²) in [5.74, 6) is 0.390. The van der Waals surface area contributed by atoms with Crippen molar-refractivity contribution in [3.8, 4) is 0 Å². The monoisotopic (exact) mass is 222 g/mol. The number of sulfonamides is 1. The highest BCUT2D eigenvalue weighted by molar-refractivity contribution is 7.89. The van der Waals surface area contributed by atoms with Crippen molar-refractivity contribution in [2.75, 3.05) is 18.8 Å². The summed E-state index contributed by atoms with van der Waals surface area (Å²) in [5.41, 5.74) is 5.32. The molecule has 0 heterocycles. The first-order valence-electron chi connectivity index (χ1n) is 5.15. The number of nitrogens with two attached hydrogens (primary N) is 1. The summed E-state index contributed by atoms with van der Waals surface area (Å²) in [6.45, 7) is 5.01. The van der Waals surface area contributed by atoms with Gasteiger partial charge in [-0.3, -0.25) is 0 Å². The van der Waals surface area contributed by atoms with Crippen molar-refractivity contribution in [1.82, 2.24) is 4.72 Å². The van der Waals surface area contributed by atoms with Crippen molar-refractivity contribution in [2.45, 2.75) is 33.1 Å². The van der Waals surface area contributed by atoms with Crippen LogP contribution in [0.1, 0.15) is 33.1 Å². The molecular formula is C9H22N2O2S. The molecule has 0 saturated heterocycles. The molecule has 5 heteroatoms. The van der Waals surface area contributed by atoms with Crippen LogP contribution in [-0.2, 0) is 10.0 Å². The summed E-state index contributed by atoms with van der Waals surface area (Å²) in [7, 11) is -3.05. The molecule has 0 aliphatic carbocycles. The third-order valence-corrected chi connectivity index (χ3v) is 3.51. The van der Waals surface area contributed by atoms with Crippen molar-refractivity contribution in [3.63, 3.8) is 0 Å². The van der Waals surface area contributed by atoms with Crippen LogP contribution in [0.4, 0.5) is 0 Å². The van der Waals surface area contributed by atoms with Crippen LogP contribution in [0.25, 0.3) is 0 Å². The summed E-state index contributed by atoms with van der Waals surface area (Å²) in [6.07, 6.45) is 2.82. The molecule has 0 aromatic rings. The first-order valence-corrected chi connectivity index (χ1v) is 6.80. The molecule has 0 saturated carbocycles. The van der Waals surface area contributed by atoms with Gasteiger partial charge in [0.2, 0.25) is 10.0 Å². The summed E-state index contributed by atoms with van der Waals surface area (Å²) in [5, 5.41) is 0. The molecule has 3 N–H and O–H groups in total. The van der Waals surface area contributed by atoms with E-state index in [0.717, 1.165) is 19.3 Å². The Kier molecular flexibility index (Phi) is 7.13. The number of hydrogen-bond acceptors (Lipinski definition) is 3. The number of unbranched alkanes of at least 4 members (excludes halogenated alkanes) is 2. The van der Waals surface area contributed by atoms with Gasteiger partial charge in [0.15, 0.2) is 0 Å². The van der Waals surface area contributed by atoms with E-state index in [0.29, 0.717) is 13.1 Å². The topological polar surface area (TPSA) is 72.2 Å². The van der Waals surface area contributed by atoms with Crippen LogP contribution >= 0.6 is 0 Å². The lowest BCUT2D eigenvalue weighted by Crippen LogP contribution is -2.29. The Morgan fingerprint density at radius 3 is 2.36 bits per heavy atom. The molecule has 0 unspecified atom stereocenters. The van der Waals surface area contributed by atoms with E-state index in [9.17, 15) is 8.42 Å². The number of rotatable bonds is 8. The molecule has 4 nitrogen and oxygen atoms in total. The molecule has 0 aromatic carbocycles. The average Bonchev–Trinajstić information content (AvgIpc) is 2.01. The van der Waals surface area contributed by atoms with Gasteiger partial charge in [0, 0.05) is 6.54 Å². The van der Waals surface area contributed by atoms with Crippen LogP contribution < -0.4 is 10.5 Å². The second-order valence-corrected chi connectivity index (χ2v) is 5.77. The molecule has 0 aliphatic rings. The summed E-state index contributed by atoms with van der Waals surface area (Å²) in [4.78, 5) is 0. The average molecular weight is 222 g/mol. The van der Waals surface area contributed by atoms with Gasteiger partial charge in [-0.15, -0.1) is 0 Å². The minimum Gasteiger partial charge on any atom is -0.330 e. The van der Waals surface area contributed by atoms with Crippen molar-refractivity contribution < 1.29 is 8.42 Å². The maximum absolute atomic E-state index is 11.3. The summed E-state index contributed by atoms with van der Waals surface area (Å²) < 4.78 is 25.3. The highest BCUT2D eigenvalue weighted by atomic mass is 32.2. The molecule has 0 radical (unpaired) electrons. The highest BCUT2D eigenvalue weighted by Crippen LogP contribution is 1.98. The van der Waals surface area contributed by atoms with Gasteiger partial charge in [0.1, 0.15) is 0 Å². The van der Waals surface area contributed by atoms with Crippen molar-refractivity contribution in [2.24, 2.45) is 11.7 Å². The molecule has 0 spiro atoms. The standard InChI is InChI=1S/C9H22N2O2S/c1-9(2)8-14(12,13)11-7-5-3-4-6-10/h9,11H,3-8,10H2,1-2H3. The van der Waals surface area contributed by atoms with Crippen LogP contribution in [0.5, 0.6) is 0 Å². The number of hydrogen-bond donors (Lipinski definition) is 2. The Morgan fingerprint density at radius 2 is 1.86 bits per heavy atom. The first kappa shape index (κ1) is 13.9. The quantitative estimate of drug-likeness (QED) is 0.594. The zero-order valence-electron chi connectivity index (χ0n) is 9.12. The lowest BCUT2D eigenvalue weighted by Gasteiger charge is -2.08. The van der Waals surface area contributed by atoms with Gasteiger partial charge in [-0.05, 0) is 25.3 Å². The SMILES string of the molecule is CC(C)CS(=O)(=O)NCCCCCN. The molecule has 0 atom stereocenters. The highest BCUT2D eigenvalue weighted by Gasteiger charge is 2.11. The van der Waals surface area contributed by atoms with E-state index >= 15 is 0 Å². The Morgan fingerprint density at radius 1 is 1.21 bits per heavy atom. The Hall–Kier alpha value is -0.130. The molecular weight excluding hydrogens is 200 g/mol. The molecule has 0 aromatic heterocycles. The van der Waals surface area contributed by atoms with E-state index in [4.69, 9.17) is 5.73 Å². The second-order valence-electron chi connectivity index (χ2n) is 3.92. The summed E-state index contributed by atoms with van der Waals surface area (Å²) in [6, 6.07) is 0. The zero-order chi connectivity index (χ0) is 11.0. The van der Waals surface area contributed by atoms with E-state index < -0.39 is 10.0 Å². The predicted octanol–water partition coefficient (Wildman–Crippen LogP) is 0.691. The minimum atomic E-state index is -3.05. The summed E-state index contributed by atoms with van der Waals surface area (Å²) >= 11 is 0. The van der Waals surface area contributed by atoms with Gasteiger partial charge in [-0.2, -0.15) is 0 Å². The van der Waals surface area contributed by atoms with Crippen molar-refractivity contribution >= 4 is 10.0 Å². The molecule has 0 bridgehead atoms. The molecule has 0 amide bonds. The smallest absolute Gasteiger partial charge is 0.211 e. The molecule has 0 aliphatic heterocycles. The Bertz CT molecular complexity index is 225. The maximum atomic E-state index is 11.3. The van der Waals surface area contributed by atoms with Gasteiger partial charge >= 0.3 is 0 Å². The lowest BCUT2D eigenvalue weighted by atomic mass is 10.2. The Balaban J connectivity index is 3.56. The van der Waals surface area contributed by atoms with Crippen LogP contribution in [0.15, 0.2) is 0 Å². The van der Waals surface area contributed by atoms with Crippen LogP contribution in [-0.4, -0.2) is 27.3 Å². The van der Waals surface area contributed by atoms with Gasteiger partial charge in [-0.1, -0.05) is 20.3 Å². The van der Waals surface area contributed by atoms with E-state index in [-0.39, 0.29) is 11.7 Å². The molecule has 0 fully saturated rings. The minimum absolute atomic E-state index is 0.177. The van der Waals surface area contributed by atoms with Crippen molar-refractivity contribution in [3.05, 3.63) is 0 Å². The maximum Gasteiger partial charge on any atom is 0.211 e. The third-order valence-electron chi connectivity index (χ3n) is 1.76. The van der Waals surface area contributed by atoms with E-state index in [2.05, 4.69) is 4.72 Å². The largest absolute Gasteiger partial charge is 0.330 e. The normalized spacial score (nSPS) is 12.3. The zero-order valence-corrected chi connectivity index (χ0v) is 9.94. The van der Waals surface area contributed by atoms with Gasteiger partial charge < -0.3 is 5.73 Å². The van der Waals surface area contributed by atoms with Gasteiger partial charge in [0.05, 0.1) is 5.75 Å². The molecule has 86 valence electrons. The lowest BCUT2D eigenvalue weighted by molar-refractivity contribution is 0.562. The van der Waals surface area contributed by atoms with Crippen LogP contribution in [0.2, 0.25) is 0 Å². The predicted molar refractivity (Wildman–Crippen MR) is 59.5 cm³/mol. The van der Waals surface area contributed by atoms with Gasteiger partial charge in [0.25, 0.3) is 0 Å². The first-order chi connectivity index (χ1) is 6.48.